The Hall–Kier alpha value is -1.29. The molecule has 0 spiro atoms. The van der Waals surface area contributed by atoms with Crippen molar-refractivity contribution >= 4 is 17.5 Å². The zero-order chi connectivity index (χ0) is 13.6. The molecule has 0 aliphatic heterocycles. The van der Waals surface area contributed by atoms with Crippen molar-refractivity contribution in [2.45, 2.75) is 26.7 Å². The molecule has 0 radical (unpaired) electrons. The molecule has 1 aromatic rings. The summed E-state index contributed by atoms with van der Waals surface area (Å²) in [6.07, 6.45) is 1.87. The van der Waals surface area contributed by atoms with Crippen LogP contribution < -0.4 is 10.9 Å². The number of hydrogen-bond donors (Lipinski definition) is 2. The highest BCUT2D eigenvalue weighted by atomic mass is 35.5. The Kier molecular flexibility index (Phi) is 5.41. The first-order chi connectivity index (χ1) is 8.44. The normalized spacial score (nSPS) is 11.3. The van der Waals surface area contributed by atoms with Crippen LogP contribution in [0.4, 0.5) is 0 Å². The van der Waals surface area contributed by atoms with E-state index in [9.17, 15) is 9.59 Å². The van der Waals surface area contributed by atoms with Crippen LogP contribution in [0.25, 0.3) is 0 Å². The van der Waals surface area contributed by atoms with Gasteiger partial charge in [0.25, 0.3) is 5.91 Å². The van der Waals surface area contributed by atoms with E-state index in [1.54, 1.807) is 12.1 Å². The number of aromatic amines is 1. The zero-order valence-corrected chi connectivity index (χ0v) is 11.5. The molecule has 0 aliphatic carbocycles. The number of halogens is 1. The molecule has 0 bridgehead atoms. The maximum atomic E-state index is 11.8. The summed E-state index contributed by atoms with van der Waals surface area (Å²) in [7, 11) is 0. The third-order valence-electron chi connectivity index (χ3n) is 2.73. The number of hydrogen-bond acceptors (Lipinski definition) is 2. The van der Waals surface area contributed by atoms with Crippen molar-refractivity contribution in [1.82, 2.24) is 10.3 Å². The fraction of sp³-hybridized carbons (Fsp3) is 0.538. The Morgan fingerprint density at radius 1 is 1.44 bits per heavy atom. The first kappa shape index (κ1) is 14.8. The van der Waals surface area contributed by atoms with Crippen molar-refractivity contribution in [3.63, 3.8) is 0 Å². The molecule has 0 aliphatic rings. The fourth-order valence-electron chi connectivity index (χ4n) is 1.63. The van der Waals surface area contributed by atoms with Crippen LogP contribution in [-0.2, 0) is 0 Å². The third kappa shape index (κ3) is 4.92. The van der Waals surface area contributed by atoms with Gasteiger partial charge in [0.05, 0.1) is 0 Å². The summed E-state index contributed by atoms with van der Waals surface area (Å²) in [5, 5.41) is 2.82. The highest BCUT2D eigenvalue weighted by molar-refractivity contribution is 6.17. The summed E-state index contributed by atoms with van der Waals surface area (Å²) in [5.74, 6) is 0.371. The predicted molar refractivity (Wildman–Crippen MR) is 73.1 cm³/mol. The van der Waals surface area contributed by atoms with Gasteiger partial charge in [-0.1, -0.05) is 19.9 Å². The second-order valence-corrected chi connectivity index (χ2v) is 5.45. The largest absolute Gasteiger partial charge is 0.350 e. The van der Waals surface area contributed by atoms with Gasteiger partial charge in [-0.15, -0.1) is 11.6 Å². The molecule has 0 aromatic carbocycles. The first-order valence-electron chi connectivity index (χ1n) is 5.98. The minimum atomic E-state index is -0.274. The van der Waals surface area contributed by atoms with E-state index in [0.29, 0.717) is 12.4 Å². The van der Waals surface area contributed by atoms with Crippen molar-refractivity contribution < 1.29 is 4.79 Å². The summed E-state index contributed by atoms with van der Waals surface area (Å²) in [4.78, 5) is 25.4. The molecule has 1 amide bonds. The van der Waals surface area contributed by atoms with Gasteiger partial charge in [-0.3, -0.25) is 9.59 Å². The van der Waals surface area contributed by atoms with Crippen LogP contribution in [0.3, 0.4) is 0 Å². The molecule has 1 rings (SSSR count). The molecule has 100 valence electrons. The molecule has 0 saturated carbocycles. The number of H-pyrrole nitrogens is 1. The number of nitrogens with one attached hydrogen (secondary N) is 2. The number of rotatable bonds is 6. The first-order valence-corrected chi connectivity index (χ1v) is 6.51. The number of amides is 1. The number of pyridine rings is 1. The Morgan fingerprint density at radius 3 is 2.78 bits per heavy atom. The van der Waals surface area contributed by atoms with E-state index in [0.717, 1.165) is 12.8 Å². The van der Waals surface area contributed by atoms with Crippen LogP contribution in [0.15, 0.2) is 23.0 Å². The van der Waals surface area contributed by atoms with Gasteiger partial charge >= 0.3 is 0 Å². The van der Waals surface area contributed by atoms with Gasteiger partial charge in [-0.25, -0.2) is 0 Å². The van der Waals surface area contributed by atoms with Gasteiger partial charge in [0, 0.05) is 18.5 Å². The molecular formula is C13H19ClN2O2. The minimum Gasteiger partial charge on any atom is -0.350 e. The molecule has 0 fully saturated rings. The number of carbonyl (C=O) groups excluding carboxylic acids is 1. The molecule has 0 unspecified atom stereocenters. The fourth-order valence-corrected chi connectivity index (χ4v) is 1.76. The molecule has 5 heteroatoms. The summed E-state index contributed by atoms with van der Waals surface area (Å²) in [6.45, 7) is 4.71. The SMILES string of the molecule is CC(C)(CCCCl)CNC(=O)c1cccc(=O)[nH]1. The topological polar surface area (TPSA) is 62.0 Å². The average molecular weight is 271 g/mol. The lowest BCUT2D eigenvalue weighted by molar-refractivity contribution is 0.0929. The van der Waals surface area contributed by atoms with Crippen LogP contribution in [-0.4, -0.2) is 23.3 Å². The second-order valence-electron chi connectivity index (χ2n) is 5.07. The Balaban J connectivity index is 2.53. The smallest absolute Gasteiger partial charge is 0.267 e. The van der Waals surface area contributed by atoms with Crippen LogP contribution in [0.1, 0.15) is 37.2 Å². The molecule has 2 N–H and O–H groups in total. The lowest BCUT2D eigenvalue weighted by Gasteiger charge is -2.24. The summed E-state index contributed by atoms with van der Waals surface area (Å²) < 4.78 is 0. The van der Waals surface area contributed by atoms with Crippen LogP contribution in [0.5, 0.6) is 0 Å². The third-order valence-corrected chi connectivity index (χ3v) is 2.99. The van der Waals surface area contributed by atoms with Crippen molar-refractivity contribution in [1.29, 1.82) is 0 Å². The van der Waals surface area contributed by atoms with E-state index in [1.807, 2.05) is 0 Å². The summed E-state index contributed by atoms with van der Waals surface area (Å²) >= 11 is 5.66. The van der Waals surface area contributed by atoms with Gasteiger partial charge < -0.3 is 10.3 Å². The van der Waals surface area contributed by atoms with Crippen LogP contribution in [0, 0.1) is 5.41 Å². The van der Waals surface area contributed by atoms with Crippen LogP contribution in [0.2, 0.25) is 0 Å². The number of alkyl halides is 1. The molecule has 18 heavy (non-hydrogen) atoms. The highest BCUT2D eigenvalue weighted by Gasteiger charge is 2.18. The molecule has 1 aromatic heterocycles. The summed E-state index contributed by atoms with van der Waals surface area (Å²) in [5.41, 5.74) is 0.0132. The predicted octanol–water partition coefficient (Wildman–Crippen LogP) is 2.15. The van der Waals surface area contributed by atoms with E-state index < -0.39 is 0 Å². The van der Waals surface area contributed by atoms with Crippen LogP contribution >= 0.6 is 11.6 Å². The molecule has 0 atom stereocenters. The monoisotopic (exact) mass is 270 g/mol. The van der Waals surface area contributed by atoms with E-state index in [2.05, 4.69) is 24.1 Å². The van der Waals surface area contributed by atoms with Crippen molar-refractivity contribution in [2.75, 3.05) is 12.4 Å². The van der Waals surface area contributed by atoms with Gasteiger partial charge in [0.2, 0.25) is 5.56 Å². The average Bonchev–Trinajstić information content (AvgIpc) is 2.34. The lowest BCUT2D eigenvalue weighted by Crippen LogP contribution is -2.35. The van der Waals surface area contributed by atoms with Crippen molar-refractivity contribution in [3.05, 3.63) is 34.2 Å². The van der Waals surface area contributed by atoms with Crippen molar-refractivity contribution in [2.24, 2.45) is 5.41 Å². The van der Waals surface area contributed by atoms with E-state index >= 15 is 0 Å². The second kappa shape index (κ2) is 6.59. The standard InChI is InChI=1S/C13H19ClN2O2/c1-13(2,7-4-8-14)9-15-12(18)10-5-3-6-11(17)16-10/h3,5-6H,4,7-9H2,1-2H3,(H,15,18)(H,16,17). The van der Waals surface area contributed by atoms with Gasteiger partial charge in [0.15, 0.2) is 0 Å². The molecule has 4 nitrogen and oxygen atoms in total. The van der Waals surface area contributed by atoms with Gasteiger partial charge in [0.1, 0.15) is 5.69 Å². The summed E-state index contributed by atoms with van der Waals surface area (Å²) in [6, 6.07) is 4.52. The zero-order valence-electron chi connectivity index (χ0n) is 10.8. The highest BCUT2D eigenvalue weighted by Crippen LogP contribution is 2.21. The van der Waals surface area contributed by atoms with E-state index in [4.69, 9.17) is 11.6 Å². The Morgan fingerprint density at radius 2 is 2.17 bits per heavy atom. The maximum absolute atomic E-state index is 11.8. The molecule has 1 heterocycles. The Bertz CT molecular complexity index is 454. The van der Waals surface area contributed by atoms with Gasteiger partial charge in [-0.05, 0) is 24.3 Å². The van der Waals surface area contributed by atoms with Crippen molar-refractivity contribution in [3.8, 4) is 0 Å². The van der Waals surface area contributed by atoms with Gasteiger partial charge in [-0.2, -0.15) is 0 Å². The van der Waals surface area contributed by atoms with E-state index in [-0.39, 0.29) is 22.6 Å². The quantitative estimate of drug-likeness (QED) is 0.778. The lowest BCUT2D eigenvalue weighted by atomic mass is 9.88. The maximum Gasteiger partial charge on any atom is 0.267 e. The number of carbonyl (C=O) groups is 1. The molecule has 0 saturated heterocycles. The minimum absolute atomic E-state index is 0.000372. The van der Waals surface area contributed by atoms with E-state index in [1.165, 1.54) is 6.07 Å². The number of aromatic nitrogens is 1. The molecular weight excluding hydrogens is 252 g/mol. The Labute approximate surface area is 112 Å².